The lowest BCUT2D eigenvalue weighted by Gasteiger charge is -2.34. The first kappa shape index (κ1) is 19.2. The van der Waals surface area contributed by atoms with Crippen molar-refractivity contribution < 1.29 is 14.3 Å². The first-order chi connectivity index (χ1) is 13.2. The van der Waals surface area contributed by atoms with Crippen LogP contribution in [0.5, 0.6) is 5.75 Å². The molecule has 2 aromatic rings. The van der Waals surface area contributed by atoms with Crippen molar-refractivity contribution in [3.8, 4) is 5.75 Å². The van der Waals surface area contributed by atoms with E-state index in [0.717, 1.165) is 30.6 Å². The van der Waals surface area contributed by atoms with Gasteiger partial charge in [-0.1, -0.05) is 12.1 Å². The van der Waals surface area contributed by atoms with E-state index in [1.165, 1.54) is 0 Å². The molecular formula is C19H26N4O4. The molecule has 1 aliphatic heterocycles. The zero-order valence-corrected chi connectivity index (χ0v) is 15.6. The molecule has 3 rings (SSSR count). The van der Waals surface area contributed by atoms with Crippen molar-refractivity contribution >= 4 is 5.91 Å². The Morgan fingerprint density at radius 2 is 2.11 bits per heavy atom. The number of aromatic amines is 2. The molecule has 2 heterocycles. The standard InChI is InChI=1S/C19H26N4O4/c1-26-15-9-7-14(8-10-15)13-27-12-4-6-17(24)23-11-3-2-5-16(23)18-20-19(25)22-21-18/h7-10,16H,2-6,11-13H2,1H3,(H2,20,21,22,25)/t16-/m0/s1. The number of H-pyrrole nitrogens is 2. The SMILES string of the molecule is COc1ccc(COCCCC(=O)N2CCCC[C@H]2c2n[nH]c(=O)[nH]2)cc1. The Kier molecular flexibility index (Phi) is 6.64. The molecule has 0 spiro atoms. The Bertz CT molecular complexity index is 784. The van der Waals surface area contributed by atoms with Crippen LogP contribution in [0.3, 0.4) is 0 Å². The second kappa shape index (κ2) is 9.36. The number of hydrogen-bond acceptors (Lipinski definition) is 5. The van der Waals surface area contributed by atoms with E-state index < -0.39 is 0 Å². The first-order valence-corrected chi connectivity index (χ1v) is 9.32. The summed E-state index contributed by atoms with van der Waals surface area (Å²) in [4.78, 5) is 28.4. The predicted octanol–water partition coefficient (Wildman–Crippen LogP) is 2.16. The summed E-state index contributed by atoms with van der Waals surface area (Å²) in [5.74, 6) is 1.44. The van der Waals surface area contributed by atoms with Gasteiger partial charge in [0.1, 0.15) is 5.75 Å². The highest BCUT2D eigenvalue weighted by Gasteiger charge is 2.29. The number of amides is 1. The van der Waals surface area contributed by atoms with Crippen LogP contribution >= 0.6 is 0 Å². The largest absolute Gasteiger partial charge is 0.497 e. The molecule has 0 radical (unpaired) electrons. The topological polar surface area (TPSA) is 100 Å². The molecule has 1 aliphatic rings. The van der Waals surface area contributed by atoms with Crippen LogP contribution in [0.15, 0.2) is 29.1 Å². The van der Waals surface area contributed by atoms with Gasteiger partial charge in [0.25, 0.3) is 0 Å². The van der Waals surface area contributed by atoms with Crippen LogP contribution in [-0.4, -0.2) is 46.2 Å². The molecule has 0 unspecified atom stereocenters. The Morgan fingerprint density at radius 1 is 1.30 bits per heavy atom. The lowest BCUT2D eigenvalue weighted by atomic mass is 10.0. The molecular weight excluding hydrogens is 348 g/mol. The second-order valence-corrected chi connectivity index (χ2v) is 6.67. The van der Waals surface area contributed by atoms with E-state index in [0.29, 0.717) is 38.4 Å². The molecule has 1 atom stereocenters. The second-order valence-electron chi connectivity index (χ2n) is 6.67. The Hall–Kier alpha value is -2.61. The van der Waals surface area contributed by atoms with Crippen LogP contribution in [0, 0.1) is 0 Å². The number of rotatable bonds is 8. The zero-order chi connectivity index (χ0) is 19.1. The van der Waals surface area contributed by atoms with Gasteiger partial charge < -0.3 is 14.4 Å². The van der Waals surface area contributed by atoms with Crippen LogP contribution in [-0.2, 0) is 16.1 Å². The number of likely N-dealkylation sites (tertiary alicyclic amines) is 1. The molecule has 27 heavy (non-hydrogen) atoms. The summed E-state index contributed by atoms with van der Waals surface area (Å²) >= 11 is 0. The molecule has 2 N–H and O–H groups in total. The fourth-order valence-electron chi connectivity index (χ4n) is 3.34. The zero-order valence-electron chi connectivity index (χ0n) is 15.6. The summed E-state index contributed by atoms with van der Waals surface area (Å²) in [6.07, 6.45) is 3.91. The van der Waals surface area contributed by atoms with Gasteiger partial charge in [-0.25, -0.2) is 9.89 Å². The van der Waals surface area contributed by atoms with Crippen molar-refractivity contribution in [3.63, 3.8) is 0 Å². The number of hydrogen-bond donors (Lipinski definition) is 2. The summed E-state index contributed by atoms with van der Waals surface area (Å²) in [7, 11) is 1.64. The predicted molar refractivity (Wildman–Crippen MR) is 99.4 cm³/mol. The third kappa shape index (κ3) is 5.19. The van der Waals surface area contributed by atoms with Gasteiger partial charge in [0.2, 0.25) is 5.91 Å². The molecule has 1 aromatic heterocycles. The Labute approximate surface area is 157 Å². The monoisotopic (exact) mass is 374 g/mol. The number of nitrogens with one attached hydrogen (secondary N) is 2. The summed E-state index contributed by atoms with van der Waals surface area (Å²) in [5.41, 5.74) is 0.732. The maximum absolute atomic E-state index is 12.6. The molecule has 0 bridgehead atoms. The number of carbonyl (C=O) groups excluding carboxylic acids is 1. The van der Waals surface area contributed by atoms with Gasteiger partial charge in [0.05, 0.1) is 19.8 Å². The molecule has 1 aromatic carbocycles. The molecule has 8 heteroatoms. The molecule has 1 fully saturated rings. The fraction of sp³-hybridized carbons (Fsp3) is 0.526. The van der Waals surface area contributed by atoms with Crippen LogP contribution in [0.4, 0.5) is 0 Å². The van der Waals surface area contributed by atoms with E-state index >= 15 is 0 Å². The van der Waals surface area contributed by atoms with E-state index in [-0.39, 0.29) is 17.6 Å². The van der Waals surface area contributed by atoms with Crippen molar-refractivity contribution in [2.24, 2.45) is 0 Å². The Balaban J connectivity index is 1.43. The van der Waals surface area contributed by atoms with Crippen LogP contribution in [0.25, 0.3) is 0 Å². The van der Waals surface area contributed by atoms with Crippen molar-refractivity contribution in [1.29, 1.82) is 0 Å². The minimum absolute atomic E-state index is 0.0802. The smallest absolute Gasteiger partial charge is 0.340 e. The number of piperidine rings is 1. The molecule has 0 aliphatic carbocycles. The summed E-state index contributed by atoms with van der Waals surface area (Å²) in [6.45, 7) is 1.74. The lowest BCUT2D eigenvalue weighted by Crippen LogP contribution is -2.39. The Morgan fingerprint density at radius 3 is 2.81 bits per heavy atom. The number of ether oxygens (including phenoxy) is 2. The maximum Gasteiger partial charge on any atom is 0.340 e. The quantitative estimate of drug-likeness (QED) is 0.690. The van der Waals surface area contributed by atoms with E-state index in [9.17, 15) is 9.59 Å². The van der Waals surface area contributed by atoms with Gasteiger partial charge >= 0.3 is 5.69 Å². The molecule has 1 saturated heterocycles. The van der Waals surface area contributed by atoms with E-state index in [4.69, 9.17) is 9.47 Å². The van der Waals surface area contributed by atoms with Gasteiger partial charge in [0.15, 0.2) is 5.82 Å². The summed E-state index contributed by atoms with van der Waals surface area (Å²) in [6, 6.07) is 7.58. The van der Waals surface area contributed by atoms with E-state index in [2.05, 4.69) is 15.2 Å². The molecule has 146 valence electrons. The number of aromatic nitrogens is 3. The van der Waals surface area contributed by atoms with Crippen LogP contribution in [0.2, 0.25) is 0 Å². The van der Waals surface area contributed by atoms with Gasteiger partial charge in [0, 0.05) is 19.6 Å². The average Bonchev–Trinajstić information content (AvgIpc) is 3.14. The normalized spacial score (nSPS) is 17.1. The molecule has 1 amide bonds. The van der Waals surface area contributed by atoms with Gasteiger partial charge in [-0.2, -0.15) is 5.10 Å². The van der Waals surface area contributed by atoms with E-state index in [1.54, 1.807) is 7.11 Å². The van der Waals surface area contributed by atoms with E-state index in [1.807, 2.05) is 29.2 Å². The third-order valence-electron chi connectivity index (χ3n) is 4.77. The summed E-state index contributed by atoms with van der Waals surface area (Å²) in [5, 5.41) is 6.39. The number of nitrogens with zero attached hydrogens (tertiary/aromatic N) is 2. The maximum atomic E-state index is 12.6. The van der Waals surface area contributed by atoms with Crippen molar-refractivity contribution in [2.45, 2.75) is 44.8 Å². The van der Waals surface area contributed by atoms with Crippen molar-refractivity contribution in [1.82, 2.24) is 20.1 Å². The summed E-state index contributed by atoms with van der Waals surface area (Å²) < 4.78 is 10.8. The lowest BCUT2D eigenvalue weighted by molar-refractivity contribution is -0.135. The number of carbonyl (C=O) groups is 1. The first-order valence-electron chi connectivity index (χ1n) is 9.32. The van der Waals surface area contributed by atoms with Crippen LogP contribution < -0.4 is 10.4 Å². The van der Waals surface area contributed by atoms with Crippen molar-refractivity contribution in [2.75, 3.05) is 20.3 Å². The minimum atomic E-state index is -0.338. The number of methoxy groups -OCH3 is 1. The van der Waals surface area contributed by atoms with Gasteiger partial charge in [-0.15, -0.1) is 0 Å². The van der Waals surface area contributed by atoms with Crippen molar-refractivity contribution in [3.05, 3.63) is 46.1 Å². The minimum Gasteiger partial charge on any atom is -0.497 e. The number of benzene rings is 1. The molecule has 8 nitrogen and oxygen atoms in total. The average molecular weight is 374 g/mol. The molecule has 0 saturated carbocycles. The highest BCUT2D eigenvalue weighted by Crippen LogP contribution is 2.28. The van der Waals surface area contributed by atoms with Crippen LogP contribution in [0.1, 0.15) is 49.5 Å². The van der Waals surface area contributed by atoms with Gasteiger partial charge in [-0.05, 0) is 43.4 Å². The third-order valence-corrected chi connectivity index (χ3v) is 4.77. The fourth-order valence-corrected chi connectivity index (χ4v) is 3.34. The van der Waals surface area contributed by atoms with Gasteiger partial charge in [-0.3, -0.25) is 9.78 Å². The highest BCUT2D eigenvalue weighted by atomic mass is 16.5. The highest BCUT2D eigenvalue weighted by molar-refractivity contribution is 5.76.